The third-order valence-electron chi connectivity index (χ3n) is 15.0. The van der Waals surface area contributed by atoms with Gasteiger partial charge in [0.05, 0.1) is 5.69 Å². The minimum atomic E-state index is -0.457. The fraction of sp³-hybridized carbons (Fsp3) is 0.228. The normalized spacial score (nSPS) is 29.1. The Bertz CT molecular complexity index is 2930. The van der Waals surface area contributed by atoms with Crippen LogP contribution in [0.25, 0.3) is 16.8 Å². The zero-order valence-electron chi connectivity index (χ0n) is 34.8. The molecule has 3 heterocycles. The summed E-state index contributed by atoms with van der Waals surface area (Å²) in [6.45, 7) is 0. The smallest absolute Gasteiger partial charge is 0.171 e. The number of hydrogen-bond donors (Lipinski definition) is 1. The van der Waals surface area contributed by atoms with Crippen LogP contribution in [0.5, 0.6) is 0 Å². The number of aliphatic imine (C=N–C) groups is 2. The molecular formula is C57H49N5. The average Bonchev–Trinajstić information content (AvgIpc) is 3.84. The minimum Gasteiger partial charge on any atom is -0.324 e. The standard InChI is InChI=1S/C57H49N5/c1-2-18-37(19-3-1)55-58-56(44-29-16-23-36-17-6-8-24-41(36)44)60-57(59-55)46-28-12-15-32-50(46)61-49-31-14-11-27-45(49)53-52(61)35-40-22-7-9-25-42(40)54(53)62-48-30-13-10-26-43(48)47-33-38-20-4-5-21-39(38)34-51(47)62/h1-12,15-29,32-33,35,39,43,47-48,51,53-54,57H,13-14,30-31,34H2,(H,58,59,60). The summed E-state index contributed by atoms with van der Waals surface area (Å²) in [4.78, 5) is 16.7. The van der Waals surface area contributed by atoms with E-state index in [0.29, 0.717) is 29.8 Å². The third kappa shape index (κ3) is 5.64. The minimum absolute atomic E-state index is 0.202. The van der Waals surface area contributed by atoms with Crippen LogP contribution in [0.2, 0.25) is 0 Å². The van der Waals surface area contributed by atoms with E-state index in [9.17, 15) is 0 Å². The topological polar surface area (TPSA) is 43.2 Å². The molecule has 0 bridgehead atoms. The van der Waals surface area contributed by atoms with E-state index in [1.807, 2.05) is 0 Å². The molecule has 1 saturated heterocycles. The van der Waals surface area contributed by atoms with Crippen molar-refractivity contribution in [1.82, 2.24) is 10.2 Å². The predicted molar refractivity (Wildman–Crippen MR) is 254 cm³/mol. The van der Waals surface area contributed by atoms with Gasteiger partial charge in [0.1, 0.15) is 11.7 Å². The van der Waals surface area contributed by atoms with Crippen molar-refractivity contribution in [3.05, 3.63) is 226 Å². The third-order valence-corrected chi connectivity index (χ3v) is 15.0. The van der Waals surface area contributed by atoms with E-state index in [1.54, 1.807) is 0 Å². The maximum Gasteiger partial charge on any atom is 0.171 e. The Kier molecular flexibility index (Phi) is 8.47. The fourth-order valence-corrected chi connectivity index (χ4v) is 12.5. The Balaban J connectivity index is 0.971. The summed E-state index contributed by atoms with van der Waals surface area (Å²) in [6, 6.07) is 45.1. The molecule has 5 aromatic carbocycles. The van der Waals surface area contributed by atoms with E-state index in [2.05, 4.69) is 197 Å². The van der Waals surface area contributed by atoms with Gasteiger partial charge in [-0.3, -0.25) is 4.90 Å². The molecule has 5 heteroatoms. The highest BCUT2D eigenvalue weighted by atomic mass is 15.3. The Hall–Kier alpha value is -6.56. The molecule has 8 unspecified atom stereocenters. The van der Waals surface area contributed by atoms with Crippen molar-refractivity contribution in [2.24, 2.45) is 33.7 Å². The Labute approximate surface area is 364 Å². The van der Waals surface area contributed by atoms with Gasteiger partial charge in [0, 0.05) is 69.9 Å². The highest BCUT2D eigenvalue weighted by Gasteiger charge is 2.56. The summed E-state index contributed by atoms with van der Waals surface area (Å²) in [5.41, 5.74) is 13.0. The van der Waals surface area contributed by atoms with Gasteiger partial charge >= 0.3 is 0 Å². The number of fused-ring (bicyclic) bond motifs is 8. The van der Waals surface area contributed by atoms with Gasteiger partial charge in [-0.1, -0.05) is 170 Å². The van der Waals surface area contributed by atoms with Gasteiger partial charge in [0.15, 0.2) is 6.17 Å². The lowest BCUT2D eigenvalue weighted by molar-refractivity contribution is 0.0806. The largest absolute Gasteiger partial charge is 0.324 e. The second-order valence-electron chi connectivity index (χ2n) is 18.2. The maximum atomic E-state index is 5.54. The van der Waals surface area contributed by atoms with Gasteiger partial charge < -0.3 is 10.2 Å². The predicted octanol–water partition coefficient (Wildman–Crippen LogP) is 12.2. The summed E-state index contributed by atoms with van der Waals surface area (Å²) < 4.78 is 0. The molecule has 302 valence electrons. The van der Waals surface area contributed by atoms with E-state index in [0.717, 1.165) is 47.6 Å². The molecule has 3 aliphatic heterocycles. The average molecular weight is 804 g/mol. The first-order valence-corrected chi connectivity index (χ1v) is 22.8. The van der Waals surface area contributed by atoms with Gasteiger partial charge in [-0.05, 0) is 77.3 Å². The van der Waals surface area contributed by atoms with Gasteiger partial charge in [-0.25, -0.2) is 9.98 Å². The van der Waals surface area contributed by atoms with Crippen LogP contribution in [-0.4, -0.2) is 28.7 Å². The monoisotopic (exact) mass is 803 g/mol. The van der Waals surface area contributed by atoms with Crippen LogP contribution in [0, 0.1) is 23.7 Å². The number of rotatable bonds is 5. The van der Waals surface area contributed by atoms with Crippen molar-refractivity contribution in [2.45, 2.75) is 56.4 Å². The molecule has 62 heavy (non-hydrogen) atoms. The second-order valence-corrected chi connectivity index (χ2v) is 18.2. The van der Waals surface area contributed by atoms with Crippen LogP contribution >= 0.6 is 0 Å². The number of benzene rings is 5. The number of likely N-dealkylation sites (tertiary alicyclic amines) is 1. The molecule has 0 amide bonds. The van der Waals surface area contributed by atoms with Crippen molar-refractivity contribution in [3.63, 3.8) is 0 Å². The number of hydrogen-bond acceptors (Lipinski definition) is 5. The highest BCUT2D eigenvalue weighted by Crippen LogP contribution is 2.60. The summed E-state index contributed by atoms with van der Waals surface area (Å²) >= 11 is 0. The van der Waals surface area contributed by atoms with E-state index in [-0.39, 0.29) is 12.0 Å². The zero-order valence-corrected chi connectivity index (χ0v) is 34.8. The fourth-order valence-electron chi connectivity index (χ4n) is 12.5. The van der Waals surface area contributed by atoms with Crippen LogP contribution < -0.4 is 10.2 Å². The number of nitrogens with zero attached hydrogens (tertiary/aromatic N) is 4. The molecule has 8 aliphatic rings. The first-order valence-electron chi connectivity index (χ1n) is 22.8. The lowest BCUT2D eigenvalue weighted by Crippen LogP contribution is -2.47. The van der Waals surface area contributed by atoms with Crippen LogP contribution in [0.15, 0.2) is 209 Å². The summed E-state index contributed by atoms with van der Waals surface area (Å²) in [6.07, 6.45) is 29.6. The molecular weight excluding hydrogens is 755 g/mol. The first kappa shape index (κ1) is 36.1. The van der Waals surface area contributed by atoms with Crippen LogP contribution in [0.3, 0.4) is 0 Å². The van der Waals surface area contributed by atoms with Crippen molar-refractivity contribution in [1.29, 1.82) is 0 Å². The first-order chi connectivity index (χ1) is 30.8. The molecule has 1 fully saturated rings. The Morgan fingerprint density at radius 3 is 2.44 bits per heavy atom. The molecule has 0 radical (unpaired) electrons. The SMILES string of the molecule is C1=CC2=CC3C4C=CCCC4N(C4c5ccccc5C=C5C4C4=C(CCC=C4)N5c4ccccc4C4N=C(c5ccccc5)NC(c5cccc6ccccc56)=N4)C3CC2C=C1. The van der Waals surface area contributed by atoms with Crippen molar-refractivity contribution >= 4 is 34.2 Å². The van der Waals surface area contributed by atoms with Crippen molar-refractivity contribution in [2.75, 3.05) is 4.90 Å². The molecule has 0 aromatic heterocycles. The van der Waals surface area contributed by atoms with Gasteiger partial charge in [-0.2, -0.15) is 0 Å². The lowest BCUT2D eigenvalue weighted by atomic mass is 9.73. The molecule has 0 spiro atoms. The molecule has 8 atom stereocenters. The number of allylic oxidation sites excluding steroid dienone is 9. The van der Waals surface area contributed by atoms with Crippen LogP contribution in [0.4, 0.5) is 5.69 Å². The summed E-state index contributed by atoms with van der Waals surface area (Å²) in [5, 5.41) is 6.07. The van der Waals surface area contributed by atoms with Crippen LogP contribution in [-0.2, 0) is 0 Å². The maximum absolute atomic E-state index is 5.54. The highest BCUT2D eigenvalue weighted by molar-refractivity contribution is 6.20. The second kappa shape index (κ2) is 14.5. The lowest BCUT2D eigenvalue weighted by Gasteiger charge is -2.46. The van der Waals surface area contributed by atoms with Crippen LogP contribution in [0.1, 0.15) is 72.1 Å². The van der Waals surface area contributed by atoms with E-state index in [1.165, 1.54) is 63.0 Å². The van der Waals surface area contributed by atoms with Crippen molar-refractivity contribution < 1.29 is 0 Å². The number of anilines is 1. The number of nitrogens with one attached hydrogen (secondary N) is 1. The number of amidine groups is 2. The quantitative estimate of drug-likeness (QED) is 0.180. The van der Waals surface area contributed by atoms with E-state index in [4.69, 9.17) is 9.98 Å². The molecule has 0 saturated carbocycles. The van der Waals surface area contributed by atoms with Gasteiger partial charge in [-0.15, -0.1) is 0 Å². The summed E-state index contributed by atoms with van der Waals surface area (Å²) in [7, 11) is 0. The summed E-state index contributed by atoms with van der Waals surface area (Å²) in [5.74, 6) is 3.40. The van der Waals surface area contributed by atoms with Gasteiger partial charge in [0.2, 0.25) is 0 Å². The van der Waals surface area contributed by atoms with E-state index >= 15 is 0 Å². The molecule has 5 nitrogen and oxygen atoms in total. The zero-order chi connectivity index (χ0) is 40.7. The Morgan fingerprint density at radius 2 is 1.48 bits per heavy atom. The van der Waals surface area contributed by atoms with Crippen molar-refractivity contribution in [3.8, 4) is 0 Å². The number of para-hydroxylation sites is 1. The molecule has 5 aliphatic carbocycles. The molecule has 13 rings (SSSR count). The molecule has 1 N–H and O–H groups in total. The Morgan fingerprint density at radius 1 is 0.661 bits per heavy atom. The molecule has 5 aromatic rings. The van der Waals surface area contributed by atoms with Gasteiger partial charge in [0.25, 0.3) is 0 Å². The van der Waals surface area contributed by atoms with E-state index < -0.39 is 6.17 Å².